The highest BCUT2D eigenvalue weighted by Gasteiger charge is 2.28. The standard InChI is InChI=1S/C24H39FO/c1-3-5-6-7-8-22(21-13-9-19(4-2)10-14-21)18-23(25)17-20-11-15-24(26)16-12-20/h11-12,15-16,19,21-23,26H,3-10,13-14,17-18H2,1-2H3. The van der Waals surface area contributed by atoms with Gasteiger partial charge in [-0.15, -0.1) is 0 Å². The number of hydrogen-bond acceptors (Lipinski definition) is 1. The largest absolute Gasteiger partial charge is 0.508 e. The molecule has 0 aliphatic heterocycles. The van der Waals surface area contributed by atoms with E-state index < -0.39 is 6.17 Å². The van der Waals surface area contributed by atoms with Gasteiger partial charge in [0.15, 0.2) is 0 Å². The van der Waals surface area contributed by atoms with E-state index in [4.69, 9.17) is 0 Å². The molecule has 0 spiro atoms. The molecule has 1 nitrogen and oxygen atoms in total. The van der Waals surface area contributed by atoms with Gasteiger partial charge in [-0.25, -0.2) is 4.39 Å². The topological polar surface area (TPSA) is 20.2 Å². The van der Waals surface area contributed by atoms with E-state index in [0.717, 1.165) is 17.4 Å². The third-order valence-corrected chi connectivity index (χ3v) is 6.52. The molecule has 1 fully saturated rings. The lowest BCUT2D eigenvalue weighted by molar-refractivity contribution is 0.149. The molecular formula is C24H39FO. The second kappa shape index (κ2) is 11.6. The minimum absolute atomic E-state index is 0.255. The molecule has 0 saturated heterocycles. The minimum atomic E-state index is -0.764. The first-order chi connectivity index (χ1) is 12.6. The fraction of sp³-hybridized carbons (Fsp3) is 0.750. The number of benzene rings is 1. The van der Waals surface area contributed by atoms with Crippen molar-refractivity contribution in [2.24, 2.45) is 17.8 Å². The number of phenols is 1. The van der Waals surface area contributed by atoms with Crippen LogP contribution in [0.5, 0.6) is 5.75 Å². The first-order valence-electron chi connectivity index (χ1n) is 11.0. The molecule has 0 amide bonds. The first-order valence-corrected chi connectivity index (χ1v) is 11.0. The van der Waals surface area contributed by atoms with E-state index in [0.29, 0.717) is 18.8 Å². The summed E-state index contributed by atoms with van der Waals surface area (Å²) in [6.07, 6.45) is 13.4. The van der Waals surface area contributed by atoms with Gasteiger partial charge in [0.25, 0.3) is 0 Å². The highest BCUT2D eigenvalue weighted by atomic mass is 19.1. The van der Waals surface area contributed by atoms with E-state index in [1.54, 1.807) is 12.1 Å². The zero-order chi connectivity index (χ0) is 18.8. The molecule has 1 aliphatic rings. The Morgan fingerprint density at radius 1 is 1.00 bits per heavy atom. The van der Waals surface area contributed by atoms with E-state index in [1.807, 2.05) is 12.1 Å². The van der Waals surface area contributed by atoms with Crippen LogP contribution in [-0.4, -0.2) is 11.3 Å². The van der Waals surface area contributed by atoms with Gasteiger partial charge in [-0.1, -0.05) is 77.3 Å². The molecule has 1 N–H and O–H groups in total. The summed E-state index contributed by atoms with van der Waals surface area (Å²) in [5.74, 6) is 2.45. The third kappa shape index (κ3) is 7.29. The lowest BCUT2D eigenvalue weighted by Gasteiger charge is -2.34. The summed E-state index contributed by atoms with van der Waals surface area (Å²) in [6.45, 7) is 4.56. The maximum atomic E-state index is 14.8. The molecule has 0 heterocycles. The van der Waals surface area contributed by atoms with Crippen molar-refractivity contribution in [1.82, 2.24) is 0 Å². The zero-order valence-corrected chi connectivity index (χ0v) is 16.9. The predicted molar refractivity (Wildman–Crippen MR) is 109 cm³/mol. The molecule has 26 heavy (non-hydrogen) atoms. The van der Waals surface area contributed by atoms with Crippen LogP contribution in [0.25, 0.3) is 0 Å². The summed E-state index contributed by atoms with van der Waals surface area (Å²) in [5, 5.41) is 9.40. The van der Waals surface area contributed by atoms with Crippen LogP contribution in [-0.2, 0) is 6.42 Å². The Morgan fingerprint density at radius 2 is 1.69 bits per heavy atom. The number of halogens is 1. The van der Waals surface area contributed by atoms with Crippen LogP contribution in [0.1, 0.15) is 90.0 Å². The highest BCUT2D eigenvalue weighted by molar-refractivity contribution is 5.26. The summed E-state index contributed by atoms with van der Waals surface area (Å²) in [5.41, 5.74) is 0.995. The predicted octanol–water partition coefficient (Wildman–Crippen LogP) is 7.47. The molecular weight excluding hydrogens is 323 g/mol. The van der Waals surface area contributed by atoms with Gasteiger partial charge in [-0.3, -0.25) is 0 Å². The molecule has 2 rings (SSSR count). The Kier molecular flexibility index (Phi) is 9.50. The number of alkyl halides is 1. The van der Waals surface area contributed by atoms with Crippen molar-refractivity contribution < 1.29 is 9.50 Å². The Balaban J connectivity index is 1.88. The quantitative estimate of drug-likeness (QED) is 0.405. The van der Waals surface area contributed by atoms with Crippen LogP contribution in [0.4, 0.5) is 4.39 Å². The number of hydrogen-bond donors (Lipinski definition) is 1. The van der Waals surface area contributed by atoms with Gasteiger partial charge < -0.3 is 5.11 Å². The molecule has 2 heteroatoms. The Hall–Kier alpha value is -1.05. The van der Waals surface area contributed by atoms with Crippen LogP contribution in [0.15, 0.2) is 24.3 Å². The Morgan fingerprint density at radius 3 is 2.31 bits per heavy atom. The summed E-state index contributed by atoms with van der Waals surface area (Å²) < 4.78 is 14.8. The van der Waals surface area contributed by atoms with E-state index in [1.165, 1.54) is 64.2 Å². The number of unbranched alkanes of at least 4 members (excludes halogenated alkanes) is 3. The summed E-state index contributed by atoms with van der Waals surface area (Å²) in [4.78, 5) is 0. The molecule has 1 aliphatic carbocycles. The van der Waals surface area contributed by atoms with Gasteiger partial charge in [0, 0.05) is 6.42 Å². The third-order valence-electron chi connectivity index (χ3n) is 6.52. The van der Waals surface area contributed by atoms with Gasteiger partial charge in [0.1, 0.15) is 11.9 Å². The second-order valence-electron chi connectivity index (χ2n) is 8.50. The van der Waals surface area contributed by atoms with Crippen LogP contribution in [0.3, 0.4) is 0 Å². The summed E-state index contributed by atoms with van der Waals surface area (Å²) in [7, 11) is 0. The molecule has 148 valence electrons. The number of phenolic OH excluding ortho intramolecular Hbond substituents is 1. The summed E-state index contributed by atoms with van der Waals surface area (Å²) >= 11 is 0. The lowest BCUT2D eigenvalue weighted by Crippen LogP contribution is -2.25. The molecule has 0 radical (unpaired) electrons. The van der Waals surface area contributed by atoms with Crippen molar-refractivity contribution in [3.05, 3.63) is 29.8 Å². The van der Waals surface area contributed by atoms with Crippen molar-refractivity contribution >= 4 is 0 Å². The maximum absolute atomic E-state index is 14.8. The van der Waals surface area contributed by atoms with Crippen molar-refractivity contribution in [2.75, 3.05) is 0 Å². The van der Waals surface area contributed by atoms with Gasteiger partial charge in [0.2, 0.25) is 0 Å². The zero-order valence-electron chi connectivity index (χ0n) is 16.9. The van der Waals surface area contributed by atoms with E-state index in [-0.39, 0.29) is 5.75 Å². The number of aromatic hydroxyl groups is 1. The Bertz CT molecular complexity index is 475. The Labute approximate surface area is 160 Å². The normalized spacial score (nSPS) is 22.9. The van der Waals surface area contributed by atoms with Crippen LogP contribution in [0, 0.1) is 17.8 Å². The average Bonchev–Trinajstić information content (AvgIpc) is 2.66. The van der Waals surface area contributed by atoms with Crippen LogP contribution in [0.2, 0.25) is 0 Å². The van der Waals surface area contributed by atoms with Crippen LogP contribution < -0.4 is 0 Å². The fourth-order valence-electron chi connectivity index (χ4n) is 4.75. The van der Waals surface area contributed by atoms with Crippen molar-refractivity contribution in [3.63, 3.8) is 0 Å². The van der Waals surface area contributed by atoms with Crippen molar-refractivity contribution in [1.29, 1.82) is 0 Å². The first kappa shape index (κ1) is 21.3. The molecule has 2 atom stereocenters. The maximum Gasteiger partial charge on any atom is 0.115 e. The average molecular weight is 363 g/mol. The van der Waals surface area contributed by atoms with E-state index >= 15 is 0 Å². The molecule has 1 saturated carbocycles. The minimum Gasteiger partial charge on any atom is -0.508 e. The van der Waals surface area contributed by atoms with Crippen LogP contribution >= 0.6 is 0 Å². The van der Waals surface area contributed by atoms with Gasteiger partial charge in [-0.2, -0.15) is 0 Å². The molecule has 0 aromatic heterocycles. The second-order valence-corrected chi connectivity index (χ2v) is 8.50. The highest BCUT2D eigenvalue weighted by Crippen LogP contribution is 2.39. The van der Waals surface area contributed by atoms with Crippen molar-refractivity contribution in [3.8, 4) is 5.75 Å². The van der Waals surface area contributed by atoms with Gasteiger partial charge in [0.05, 0.1) is 0 Å². The monoisotopic (exact) mass is 362 g/mol. The molecule has 2 unspecified atom stereocenters. The fourth-order valence-corrected chi connectivity index (χ4v) is 4.75. The summed E-state index contributed by atoms with van der Waals surface area (Å²) in [6, 6.07) is 7.03. The van der Waals surface area contributed by atoms with Gasteiger partial charge in [-0.05, 0) is 54.7 Å². The van der Waals surface area contributed by atoms with E-state index in [2.05, 4.69) is 13.8 Å². The smallest absolute Gasteiger partial charge is 0.115 e. The van der Waals surface area contributed by atoms with E-state index in [9.17, 15) is 9.50 Å². The molecule has 1 aromatic carbocycles. The van der Waals surface area contributed by atoms with Crippen molar-refractivity contribution in [2.45, 2.75) is 97.1 Å². The SMILES string of the molecule is CCCCCCC(CC(F)Cc1ccc(O)cc1)C1CCC(CC)CC1. The molecule has 1 aromatic rings. The number of rotatable bonds is 11. The van der Waals surface area contributed by atoms with Gasteiger partial charge >= 0.3 is 0 Å². The lowest BCUT2D eigenvalue weighted by atomic mass is 9.72. The molecule has 0 bridgehead atoms.